The maximum Gasteiger partial charge on any atom is 0.218 e. The van der Waals surface area contributed by atoms with Crippen molar-refractivity contribution in [2.45, 2.75) is 26.4 Å². The minimum absolute atomic E-state index is 0.189. The van der Waals surface area contributed by atoms with Gasteiger partial charge in [-0.15, -0.1) is 0 Å². The van der Waals surface area contributed by atoms with E-state index in [0.29, 0.717) is 19.0 Å². The molecule has 6 heteroatoms. The minimum Gasteiger partial charge on any atom is -0.481 e. The highest BCUT2D eigenvalue weighted by Gasteiger charge is 2.06. The number of guanidine groups is 1. The van der Waals surface area contributed by atoms with Crippen LogP contribution in [0.25, 0.3) is 0 Å². The van der Waals surface area contributed by atoms with Crippen molar-refractivity contribution in [1.82, 2.24) is 15.6 Å². The topological polar surface area (TPSA) is 67.8 Å². The van der Waals surface area contributed by atoms with Crippen molar-refractivity contribution in [2.75, 3.05) is 27.4 Å². The second-order valence-corrected chi connectivity index (χ2v) is 4.37. The predicted molar refractivity (Wildman–Crippen MR) is 80.1 cm³/mol. The Kier molecular flexibility index (Phi) is 7.42. The third kappa shape index (κ3) is 5.44. The van der Waals surface area contributed by atoms with Crippen LogP contribution >= 0.6 is 0 Å². The predicted octanol–water partition coefficient (Wildman–Crippen LogP) is 1.18. The van der Waals surface area contributed by atoms with Gasteiger partial charge in [0.1, 0.15) is 0 Å². The Balaban J connectivity index is 2.70. The van der Waals surface area contributed by atoms with Crippen molar-refractivity contribution < 1.29 is 9.47 Å². The fourth-order valence-corrected chi connectivity index (χ4v) is 1.74. The van der Waals surface area contributed by atoms with Gasteiger partial charge in [-0.25, -0.2) is 9.98 Å². The molecule has 0 aliphatic carbocycles. The molecule has 0 aromatic carbocycles. The van der Waals surface area contributed by atoms with Crippen LogP contribution in [0.2, 0.25) is 0 Å². The summed E-state index contributed by atoms with van der Waals surface area (Å²) in [5.41, 5.74) is 0.951. The summed E-state index contributed by atoms with van der Waals surface area (Å²) in [6, 6.07) is 4.02. The summed E-state index contributed by atoms with van der Waals surface area (Å²) in [5, 5.41) is 6.48. The molecule has 6 nitrogen and oxygen atoms in total. The zero-order valence-corrected chi connectivity index (χ0v) is 12.6. The van der Waals surface area contributed by atoms with E-state index in [2.05, 4.69) is 20.6 Å². The largest absolute Gasteiger partial charge is 0.481 e. The average Bonchev–Trinajstić information content (AvgIpc) is 2.45. The molecule has 0 saturated carbocycles. The second-order valence-electron chi connectivity index (χ2n) is 4.37. The van der Waals surface area contributed by atoms with E-state index in [1.807, 2.05) is 26.0 Å². The van der Waals surface area contributed by atoms with Crippen molar-refractivity contribution >= 4 is 5.96 Å². The van der Waals surface area contributed by atoms with E-state index in [0.717, 1.165) is 18.1 Å². The SMILES string of the molecule is CCNC(=NCc1cccnc1OC)NC(C)COC. The first kappa shape index (κ1) is 16.2. The average molecular weight is 280 g/mol. The van der Waals surface area contributed by atoms with E-state index in [-0.39, 0.29) is 6.04 Å². The number of ether oxygens (including phenoxy) is 2. The number of hydrogen-bond donors (Lipinski definition) is 2. The maximum atomic E-state index is 5.22. The van der Waals surface area contributed by atoms with E-state index in [1.54, 1.807) is 20.4 Å². The van der Waals surface area contributed by atoms with Gasteiger partial charge < -0.3 is 20.1 Å². The first-order valence-electron chi connectivity index (χ1n) is 6.72. The van der Waals surface area contributed by atoms with Crippen molar-refractivity contribution in [3.05, 3.63) is 23.9 Å². The lowest BCUT2D eigenvalue weighted by atomic mass is 10.3. The molecule has 0 aliphatic heterocycles. The van der Waals surface area contributed by atoms with E-state index < -0.39 is 0 Å². The van der Waals surface area contributed by atoms with Gasteiger partial charge in [0, 0.05) is 31.5 Å². The second kappa shape index (κ2) is 9.14. The summed E-state index contributed by atoms with van der Waals surface area (Å²) in [6.45, 7) is 6.01. The summed E-state index contributed by atoms with van der Waals surface area (Å²) in [4.78, 5) is 8.69. The van der Waals surface area contributed by atoms with Crippen molar-refractivity contribution in [3.8, 4) is 5.88 Å². The van der Waals surface area contributed by atoms with Crippen molar-refractivity contribution in [2.24, 2.45) is 4.99 Å². The van der Waals surface area contributed by atoms with Crippen LogP contribution in [0.3, 0.4) is 0 Å². The number of aliphatic imine (C=N–C) groups is 1. The number of hydrogen-bond acceptors (Lipinski definition) is 4. The molecule has 1 rings (SSSR count). The molecule has 1 heterocycles. The third-order valence-electron chi connectivity index (χ3n) is 2.59. The Hall–Kier alpha value is -1.82. The summed E-state index contributed by atoms with van der Waals surface area (Å²) in [5.74, 6) is 1.36. The lowest BCUT2D eigenvalue weighted by molar-refractivity contribution is 0.179. The number of rotatable bonds is 7. The standard InChI is InChI=1S/C14H24N4O2/c1-5-15-14(18-11(2)10-19-3)17-9-12-7-6-8-16-13(12)20-4/h6-8,11H,5,9-10H2,1-4H3,(H2,15,17,18). The van der Waals surface area contributed by atoms with E-state index in [1.165, 1.54) is 0 Å². The normalized spacial score (nSPS) is 12.9. The van der Waals surface area contributed by atoms with Gasteiger partial charge >= 0.3 is 0 Å². The highest BCUT2D eigenvalue weighted by Crippen LogP contribution is 2.14. The molecule has 0 radical (unpaired) electrons. The lowest BCUT2D eigenvalue weighted by Gasteiger charge is -2.17. The molecule has 1 atom stereocenters. The van der Waals surface area contributed by atoms with Gasteiger partial charge in [-0.2, -0.15) is 0 Å². The summed E-state index contributed by atoms with van der Waals surface area (Å²) in [7, 11) is 3.29. The number of nitrogens with one attached hydrogen (secondary N) is 2. The number of methoxy groups -OCH3 is 2. The Morgan fingerprint density at radius 3 is 2.90 bits per heavy atom. The van der Waals surface area contributed by atoms with Crippen LogP contribution in [0.15, 0.2) is 23.3 Å². The van der Waals surface area contributed by atoms with Crippen molar-refractivity contribution in [1.29, 1.82) is 0 Å². The third-order valence-corrected chi connectivity index (χ3v) is 2.59. The minimum atomic E-state index is 0.189. The fourth-order valence-electron chi connectivity index (χ4n) is 1.74. The van der Waals surface area contributed by atoms with Gasteiger partial charge in [0.2, 0.25) is 5.88 Å². The molecular weight excluding hydrogens is 256 g/mol. The van der Waals surface area contributed by atoms with Crippen LogP contribution in [-0.2, 0) is 11.3 Å². The van der Waals surface area contributed by atoms with E-state index in [4.69, 9.17) is 9.47 Å². The Bertz CT molecular complexity index is 423. The monoisotopic (exact) mass is 280 g/mol. The van der Waals surface area contributed by atoms with Gasteiger partial charge in [-0.1, -0.05) is 6.07 Å². The maximum absolute atomic E-state index is 5.22. The molecule has 1 aromatic rings. The summed E-state index contributed by atoms with van der Waals surface area (Å²) < 4.78 is 10.3. The fraction of sp³-hybridized carbons (Fsp3) is 0.571. The summed E-state index contributed by atoms with van der Waals surface area (Å²) >= 11 is 0. The van der Waals surface area contributed by atoms with E-state index in [9.17, 15) is 0 Å². The molecule has 2 N–H and O–H groups in total. The van der Waals surface area contributed by atoms with E-state index >= 15 is 0 Å². The van der Waals surface area contributed by atoms with Crippen LogP contribution in [0, 0.1) is 0 Å². The van der Waals surface area contributed by atoms with Crippen LogP contribution in [-0.4, -0.2) is 44.4 Å². The molecule has 0 saturated heterocycles. The summed E-state index contributed by atoms with van der Waals surface area (Å²) in [6.07, 6.45) is 1.70. The first-order chi connectivity index (χ1) is 9.71. The van der Waals surface area contributed by atoms with Gasteiger partial charge in [0.05, 0.1) is 20.3 Å². The zero-order chi connectivity index (χ0) is 14.8. The zero-order valence-electron chi connectivity index (χ0n) is 12.6. The molecular formula is C14H24N4O2. The molecule has 112 valence electrons. The van der Waals surface area contributed by atoms with Crippen LogP contribution in [0.5, 0.6) is 5.88 Å². The number of pyridine rings is 1. The van der Waals surface area contributed by atoms with Gasteiger partial charge in [-0.05, 0) is 19.9 Å². The van der Waals surface area contributed by atoms with Gasteiger partial charge in [0.25, 0.3) is 0 Å². The quantitative estimate of drug-likeness (QED) is 0.580. The molecule has 0 fully saturated rings. The number of aromatic nitrogens is 1. The molecule has 20 heavy (non-hydrogen) atoms. The molecule has 0 amide bonds. The first-order valence-corrected chi connectivity index (χ1v) is 6.72. The van der Waals surface area contributed by atoms with Crippen LogP contribution < -0.4 is 15.4 Å². The van der Waals surface area contributed by atoms with Gasteiger partial charge in [-0.3, -0.25) is 0 Å². The van der Waals surface area contributed by atoms with Crippen LogP contribution in [0.1, 0.15) is 19.4 Å². The molecule has 1 unspecified atom stereocenters. The highest BCUT2D eigenvalue weighted by atomic mass is 16.5. The van der Waals surface area contributed by atoms with Crippen LogP contribution in [0.4, 0.5) is 0 Å². The van der Waals surface area contributed by atoms with Gasteiger partial charge in [0.15, 0.2) is 5.96 Å². The smallest absolute Gasteiger partial charge is 0.218 e. The lowest BCUT2D eigenvalue weighted by Crippen LogP contribution is -2.43. The highest BCUT2D eigenvalue weighted by molar-refractivity contribution is 5.80. The van der Waals surface area contributed by atoms with Crippen molar-refractivity contribution in [3.63, 3.8) is 0 Å². The molecule has 0 aliphatic rings. The Labute approximate surface area is 120 Å². The Morgan fingerprint density at radius 1 is 1.45 bits per heavy atom. The number of nitrogens with zero attached hydrogens (tertiary/aromatic N) is 2. The molecule has 0 spiro atoms. The molecule has 0 bridgehead atoms. The molecule has 1 aromatic heterocycles. The Morgan fingerprint density at radius 2 is 2.25 bits per heavy atom.